The van der Waals surface area contributed by atoms with Gasteiger partial charge in [0.15, 0.2) is 0 Å². The molecular formula is C15H23NO2S. The van der Waals surface area contributed by atoms with Crippen LogP contribution in [0.4, 0.5) is 5.69 Å². The third-order valence-electron chi connectivity index (χ3n) is 3.65. The highest BCUT2D eigenvalue weighted by molar-refractivity contribution is 7.91. The van der Waals surface area contributed by atoms with E-state index in [2.05, 4.69) is 44.3 Å². The molecule has 0 radical (unpaired) electrons. The van der Waals surface area contributed by atoms with Crippen LogP contribution in [0.3, 0.4) is 0 Å². The lowest BCUT2D eigenvalue weighted by Crippen LogP contribution is -2.32. The molecule has 106 valence electrons. The van der Waals surface area contributed by atoms with E-state index in [4.69, 9.17) is 0 Å². The standard InChI is InChI=1S/C15H23NO2S/c1-15(2,3)13-6-4-5-7-14(13)16-12-8-10-19(17,18)11-9-12/h4-7,12,16H,8-11H2,1-3H3. The van der Waals surface area contributed by atoms with E-state index in [0.717, 1.165) is 5.69 Å². The second-order valence-corrected chi connectivity index (χ2v) is 8.67. The molecule has 0 atom stereocenters. The van der Waals surface area contributed by atoms with Crippen molar-refractivity contribution < 1.29 is 8.42 Å². The van der Waals surface area contributed by atoms with Crippen molar-refractivity contribution >= 4 is 15.5 Å². The van der Waals surface area contributed by atoms with Crippen LogP contribution in [0.2, 0.25) is 0 Å². The first-order valence-corrected chi connectivity index (χ1v) is 8.66. The minimum atomic E-state index is -2.79. The zero-order valence-electron chi connectivity index (χ0n) is 11.9. The molecule has 1 aliphatic rings. The van der Waals surface area contributed by atoms with Crippen molar-refractivity contribution in [3.05, 3.63) is 29.8 Å². The molecular weight excluding hydrogens is 258 g/mol. The molecule has 0 saturated carbocycles. The SMILES string of the molecule is CC(C)(C)c1ccccc1NC1CCS(=O)(=O)CC1. The highest BCUT2D eigenvalue weighted by Crippen LogP contribution is 2.30. The number of sulfone groups is 1. The van der Waals surface area contributed by atoms with Gasteiger partial charge in [0.05, 0.1) is 11.5 Å². The summed E-state index contributed by atoms with van der Waals surface area (Å²) in [5.41, 5.74) is 2.51. The van der Waals surface area contributed by atoms with Gasteiger partial charge in [-0.1, -0.05) is 39.0 Å². The molecule has 0 spiro atoms. The molecule has 1 N–H and O–H groups in total. The summed E-state index contributed by atoms with van der Waals surface area (Å²) in [5.74, 6) is 0.616. The van der Waals surface area contributed by atoms with Crippen molar-refractivity contribution in [1.82, 2.24) is 0 Å². The maximum atomic E-state index is 11.4. The van der Waals surface area contributed by atoms with Gasteiger partial charge >= 0.3 is 0 Å². The Morgan fingerprint density at radius 2 is 1.68 bits per heavy atom. The molecule has 4 heteroatoms. The predicted molar refractivity (Wildman–Crippen MR) is 80.4 cm³/mol. The molecule has 0 amide bonds. The van der Waals surface area contributed by atoms with Gasteiger partial charge in [0.2, 0.25) is 0 Å². The Morgan fingerprint density at radius 3 is 2.26 bits per heavy atom. The Labute approximate surface area is 116 Å². The monoisotopic (exact) mass is 281 g/mol. The Morgan fingerprint density at radius 1 is 1.11 bits per heavy atom. The third kappa shape index (κ3) is 3.72. The van der Waals surface area contributed by atoms with Crippen LogP contribution >= 0.6 is 0 Å². The van der Waals surface area contributed by atoms with Gasteiger partial charge in [0.25, 0.3) is 0 Å². The molecule has 1 heterocycles. The zero-order chi connectivity index (χ0) is 14.1. The van der Waals surface area contributed by atoms with Crippen LogP contribution in [0.25, 0.3) is 0 Å². The topological polar surface area (TPSA) is 46.2 Å². The van der Waals surface area contributed by atoms with Gasteiger partial charge in [-0.2, -0.15) is 0 Å². The molecule has 0 aromatic heterocycles. The summed E-state index contributed by atoms with van der Waals surface area (Å²) >= 11 is 0. The highest BCUT2D eigenvalue weighted by atomic mass is 32.2. The highest BCUT2D eigenvalue weighted by Gasteiger charge is 2.25. The van der Waals surface area contributed by atoms with E-state index in [1.54, 1.807) is 0 Å². The van der Waals surface area contributed by atoms with E-state index >= 15 is 0 Å². The van der Waals surface area contributed by atoms with Gasteiger partial charge in [-0.25, -0.2) is 8.42 Å². The Hall–Kier alpha value is -1.03. The van der Waals surface area contributed by atoms with Crippen molar-refractivity contribution in [2.45, 2.75) is 45.1 Å². The maximum absolute atomic E-state index is 11.4. The molecule has 2 rings (SSSR count). The molecule has 1 aromatic carbocycles. The van der Waals surface area contributed by atoms with Crippen LogP contribution in [0, 0.1) is 0 Å². The van der Waals surface area contributed by atoms with Crippen molar-refractivity contribution in [2.75, 3.05) is 16.8 Å². The van der Waals surface area contributed by atoms with E-state index in [0.29, 0.717) is 24.3 Å². The molecule has 19 heavy (non-hydrogen) atoms. The molecule has 1 aliphatic heterocycles. The van der Waals surface area contributed by atoms with Crippen molar-refractivity contribution in [2.24, 2.45) is 0 Å². The fraction of sp³-hybridized carbons (Fsp3) is 0.600. The molecule has 1 saturated heterocycles. The first-order valence-electron chi connectivity index (χ1n) is 6.84. The summed E-state index contributed by atoms with van der Waals surface area (Å²) in [4.78, 5) is 0. The summed E-state index contributed by atoms with van der Waals surface area (Å²) in [6.07, 6.45) is 1.42. The van der Waals surface area contributed by atoms with Gasteiger partial charge in [0, 0.05) is 11.7 Å². The molecule has 0 unspecified atom stereocenters. The summed E-state index contributed by atoms with van der Waals surface area (Å²) in [5, 5.41) is 3.53. The molecule has 0 bridgehead atoms. The fourth-order valence-electron chi connectivity index (χ4n) is 2.52. The van der Waals surface area contributed by atoms with Crippen LogP contribution in [-0.4, -0.2) is 26.0 Å². The number of nitrogens with one attached hydrogen (secondary N) is 1. The minimum Gasteiger partial charge on any atom is -0.382 e. The van der Waals surface area contributed by atoms with Gasteiger partial charge < -0.3 is 5.32 Å². The normalized spacial score (nSPS) is 20.2. The first kappa shape index (κ1) is 14.4. The number of hydrogen-bond donors (Lipinski definition) is 1. The quantitative estimate of drug-likeness (QED) is 0.906. The van der Waals surface area contributed by atoms with Crippen LogP contribution < -0.4 is 5.32 Å². The molecule has 1 fully saturated rings. The second kappa shape index (κ2) is 5.16. The number of rotatable bonds is 2. The lowest BCUT2D eigenvalue weighted by molar-refractivity contribution is 0.556. The second-order valence-electron chi connectivity index (χ2n) is 6.37. The van der Waals surface area contributed by atoms with Crippen LogP contribution in [0.1, 0.15) is 39.2 Å². The number of benzene rings is 1. The van der Waals surface area contributed by atoms with Gasteiger partial charge in [-0.3, -0.25) is 0 Å². The number of hydrogen-bond acceptors (Lipinski definition) is 3. The van der Waals surface area contributed by atoms with Crippen molar-refractivity contribution in [3.8, 4) is 0 Å². The molecule has 1 aromatic rings. The van der Waals surface area contributed by atoms with E-state index < -0.39 is 9.84 Å². The van der Waals surface area contributed by atoms with E-state index in [1.165, 1.54) is 5.56 Å². The Bertz CT molecular complexity index is 530. The average Bonchev–Trinajstić information content (AvgIpc) is 2.31. The Balaban J connectivity index is 2.12. The number of anilines is 1. The summed E-state index contributed by atoms with van der Waals surface area (Å²) in [7, 11) is -2.79. The summed E-state index contributed by atoms with van der Waals surface area (Å²) in [6, 6.07) is 8.58. The van der Waals surface area contributed by atoms with Crippen molar-refractivity contribution in [1.29, 1.82) is 0 Å². The predicted octanol–water partition coefficient (Wildman–Crippen LogP) is 2.97. The van der Waals surface area contributed by atoms with Crippen LogP contribution in [-0.2, 0) is 15.3 Å². The van der Waals surface area contributed by atoms with E-state index in [9.17, 15) is 8.42 Å². The lowest BCUT2D eigenvalue weighted by Gasteiger charge is -2.28. The van der Waals surface area contributed by atoms with Crippen LogP contribution in [0.15, 0.2) is 24.3 Å². The van der Waals surface area contributed by atoms with Crippen molar-refractivity contribution in [3.63, 3.8) is 0 Å². The smallest absolute Gasteiger partial charge is 0.150 e. The first-order chi connectivity index (χ1) is 8.78. The lowest BCUT2D eigenvalue weighted by atomic mass is 9.85. The van der Waals surface area contributed by atoms with E-state index in [1.807, 2.05) is 6.07 Å². The fourth-order valence-corrected chi connectivity index (χ4v) is 4.01. The number of para-hydroxylation sites is 1. The Kier molecular flexibility index (Phi) is 3.90. The molecule has 3 nitrogen and oxygen atoms in total. The van der Waals surface area contributed by atoms with Crippen LogP contribution in [0.5, 0.6) is 0 Å². The zero-order valence-corrected chi connectivity index (χ0v) is 12.8. The largest absolute Gasteiger partial charge is 0.382 e. The molecule has 0 aliphatic carbocycles. The summed E-state index contributed by atoms with van der Waals surface area (Å²) in [6.45, 7) is 6.58. The minimum absolute atomic E-state index is 0.0876. The van der Waals surface area contributed by atoms with E-state index in [-0.39, 0.29) is 11.5 Å². The maximum Gasteiger partial charge on any atom is 0.150 e. The average molecular weight is 281 g/mol. The third-order valence-corrected chi connectivity index (χ3v) is 5.36. The van der Waals surface area contributed by atoms with Gasteiger partial charge in [0.1, 0.15) is 9.84 Å². The van der Waals surface area contributed by atoms with Gasteiger partial charge in [-0.05, 0) is 29.9 Å². The summed E-state index contributed by atoms with van der Waals surface area (Å²) < 4.78 is 22.9. The van der Waals surface area contributed by atoms with Gasteiger partial charge in [-0.15, -0.1) is 0 Å².